The Morgan fingerprint density at radius 2 is 1.36 bits per heavy atom. The fourth-order valence-corrected chi connectivity index (χ4v) is 3.45. The minimum Gasteiger partial charge on any atom is -0.489 e. The van der Waals surface area contributed by atoms with Gasteiger partial charge in [0.1, 0.15) is 30.3 Å². The molecule has 1 aliphatic heterocycles. The van der Waals surface area contributed by atoms with Crippen molar-refractivity contribution in [3.8, 4) is 11.5 Å². The summed E-state index contributed by atoms with van der Waals surface area (Å²) in [6, 6.07) is 28.0. The number of likely N-dealkylation sites (tertiary alicyclic amines) is 1. The molecule has 3 aromatic rings. The van der Waals surface area contributed by atoms with Gasteiger partial charge in [0.15, 0.2) is 0 Å². The van der Waals surface area contributed by atoms with Gasteiger partial charge < -0.3 is 14.6 Å². The van der Waals surface area contributed by atoms with Crippen LogP contribution < -0.4 is 9.47 Å². The number of rotatable bonds is 7. The normalized spacial score (nSPS) is 19.5. The van der Waals surface area contributed by atoms with Crippen LogP contribution in [0.25, 0.3) is 0 Å². The van der Waals surface area contributed by atoms with E-state index in [0.717, 1.165) is 23.6 Å². The Morgan fingerprint density at radius 3 is 2.04 bits per heavy atom. The second-order valence-corrected chi connectivity index (χ2v) is 7.15. The Labute approximate surface area is 166 Å². The second kappa shape index (κ2) is 8.91. The molecule has 3 aromatic carbocycles. The van der Waals surface area contributed by atoms with E-state index < -0.39 is 6.10 Å². The number of hydrogen-bond acceptors (Lipinski definition) is 4. The van der Waals surface area contributed by atoms with Crippen molar-refractivity contribution in [3.63, 3.8) is 0 Å². The Morgan fingerprint density at radius 1 is 0.750 bits per heavy atom. The van der Waals surface area contributed by atoms with Crippen molar-refractivity contribution in [1.82, 2.24) is 4.90 Å². The molecular weight excluding hydrogens is 350 g/mol. The molecule has 2 atom stereocenters. The van der Waals surface area contributed by atoms with Crippen LogP contribution in [-0.2, 0) is 13.2 Å². The van der Waals surface area contributed by atoms with E-state index in [1.807, 2.05) is 72.8 Å². The zero-order valence-corrected chi connectivity index (χ0v) is 15.8. The predicted molar refractivity (Wildman–Crippen MR) is 109 cm³/mol. The number of aliphatic hydroxyl groups is 1. The van der Waals surface area contributed by atoms with Crippen molar-refractivity contribution in [2.45, 2.75) is 25.4 Å². The van der Waals surface area contributed by atoms with Crippen molar-refractivity contribution in [2.75, 3.05) is 13.1 Å². The van der Waals surface area contributed by atoms with E-state index in [4.69, 9.17) is 9.47 Å². The van der Waals surface area contributed by atoms with Gasteiger partial charge >= 0.3 is 0 Å². The molecule has 1 saturated heterocycles. The number of ether oxygens (including phenoxy) is 2. The molecule has 0 saturated carbocycles. The number of hydrogen-bond donors (Lipinski definition) is 1. The van der Waals surface area contributed by atoms with Crippen LogP contribution in [0.1, 0.15) is 11.1 Å². The zero-order valence-electron chi connectivity index (χ0n) is 15.8. The van der Waals surface area contributed by atoms with E-state index in [0.29, 0.717) is 19.7 Å². The first-order chi connectivity index (χ1) is 13.8. The van der Waals surface area contributed by atoms with Crippen molar-refractivity contribution in [2.24, 2.45) is 0 Å². The molecular formula is C24H25NO3. The van der Waals surface area contributed by atoms with E-state index in [-0.39, 0.29) is 6.10 Å². The summed E-state index contributed by atoms with van der Waals surface area (Å²) in [6.45, 7) is 2.70. The van der Waals surface area contributed by atoms with Crippen molar-refractivity contribution in [1.29, 1.82) is 0 Å². The third-order valence-electron chi connectivity index (χ3n) is 4.92. The van der Waals surface area contributed by atoms with Crippen molar-refractivity contribution in [3.05, 3.63) is 96.1 Å². The summed E-state index contributed by atoms with van der Waals surface area (Å²) in [6.07, 6.45) is -0.711. The highest BCUT2D eigenvalue weighted by molar-refractivity contribution is 5.32. The van der Waals surface area contributed by atoms with Crippen LogP contribution in [0.15, 0.2) is 84.9 Å². The lowest BCUT2D eigenvalue weighted by Gasteiger charge is -2.17. The number of aliphatic hydroxyl groups excluding tert-OH is 1. The van der Waals surface area contributed by atoms with E-state index in [1.165, 1.54) is 5.56 Å². The molecule has 0 bridgehead atoms. The van der Waals surface area contributed by atoms with Gasteiger partial charge in [0, 0.05) is 19.6 Å². The minimum atomic E-state index is -0.488. The molecule has 4 heteroatoms. The first kappa shape index (κ1) is 18.5. The second-order valence-electron chi connectivity index (χ2n) is 7.15. The highest BCUT2D eigenvalue weighted by atomic mass is 16.5. The molecule has 1 N–H and O–H groups in total. The molecule has 4 rings (SSSR count). The average molecular weight is 375 g/mol. The SMILES string of the molecule is O[C@@H]1CN(Cc2ccccc2)C[C@H]1Oc1ccc(OCc2ccccc2)cc1. The maximum atomic E-state index is 10.4. The quantitative estimate of drug-likeness (QED) is 0.680. The highest BCUT2D eigenvalue weighted by Crippen LogP contribution is 2.23. The maximum absolute atomic E-state index is 10.4. The van der Waals surface area contributed by atoms with Gasteiger partial charge in [0.05, 0.1) is 0 Å². The molecule has 28 heavy (non-hydrogen) atoms. The Balaban J connectivity index is 1.29. The maximum Gasteiger partial charge on any atom is 0.138 e. The third kappa shape index (κ3) is 4.91. The van der Waals surface area contributed by atoms with Gasteiger partial charge in [-0.2, -0.15) is 0 Å². The molecule has 4 nitrogen and oxygen atoms in total. The largest absolute Gasteiger partial charge is 0.489 e. The molecule has 0 amide bonds. The zero-order chi connectivity index (χ0) is 19.2. The first-order valence-corrected chi connectivity index (χ1v) is 9.64. The Kier molecular flexibility index (Phi) is 5.90. The first-order valence-electron chi connectivity index (χ1n) is 9.64. The smallest absolute Gasteiger partial charge is 0.138 e. The summed E-state index contributed by atoms with van der Waals surface area (Å²) in [5.41, 5.74) is 2.38. The summed E-state index contributed by atoms with van der Waals surface area (Å²) in [7, 11) is 0. The molecule has 1 heterocycles. The van der Waals surface area contributed by atoms with Gasteiger partial charge in [-0.15, -0.1) is 0 Å². The van der Waals surface area contributed by atoms with E-state index in [2.05, 4.69) is 17.0 Å². The Bertz CT molecular complexity index is 852. The van der Waals surface area contributed by atoms with Crippen LogP contribution in [0.2, 0.25) is 0 Å². The van der Waals surface area contributed by atoms with Gasteiger partial charge in [-0.25, -0.2) is 0 Å². The number of nitrogens with zero attached hydrogens (tertiary/aromatic N) is 1. The van der Waals surface area contributed by atoms with Crippen molar-refractivity contribution >= 4 is 0 Å². The highest BCUT2D eigenvalue weighted by Gasteiger charge is 2.32. The molecule has 144 valence electrons. The molecule has 1 fully saturated rings. The van der Waals surface area contributed by atoms with Crippen molar-refractivity contribution < 1.29 is 14.6 Å². The van der Waals surface area contributed by atoms with E-state index in [9.17, 15) is 5.11 Å². The van der Waals surface area contributed by atoms with Gasteiger partial charge in [-0.3, -0.25) is 4.90 Å². The van der Waals surface area contributed by atoms with Crippen LogP contribution in [0.5, 0.6) is 11.5 Å². The van der Waals surface area contributed by atoms with Gasteiger partial charge in [0.2, 0.25) is 0 Å². The summed E-state index contributed by atoms with van der Waals surface area (Å²) in [5, 5.41) is 10.4. The Hall–Kier alpha value is -2.82. The van der Waals surface area contributed by atoms with E-state index >= 15 is 0 Å². The number of β-amino-alcohol motifs (C(OH)–C–C–N with tert-alkyl or cyclic N) is 1. The van der Waals surface area contributed by atoms with Gasteiger partial charge in [0.25, 0.3) is 0 Å². The lowest BCUT2D eigenvalue weighted by Crippen LogP contribution is -2.29. The monoisotopic (exact) mass is 375 g/mol. The van der Waals surface area contributed by atoms with Crippen LogP contribution in [0.3, 0.4) is 0 Å². The van der Waals surface area contributed by atoms with Crippen LogP contribution in [0, 0.1) is 0 Å². The van der Waals surface area contributed by atoms with Crippen LogP contribution in [-0.4, -0.2) is 35.3 Å². The molecule has 0 spiro atoms. The molecule has 0 aromatic heterocycles. The molecule has 0 unspecified atom stereocenters. The summed E-state index contributed by atoms with van der Waals surface area (Å²) in [4.78, 5) is 2.22. The molecule has 0 radical (unpaired) electrons. The average Bonchev–Trinajstić information content (AvgIpc) is 3.07. The third-order valence-corrected chi connectivity index (χ3v) is 4.92. The van der Waals surface area contributed by atoms with Gasteiger partial charge in [-0.1, -0.05) is 60.7 Å². The minimum absolute atomic E-state index is 0.222. The number of benzene rings is 3. The fraction of sp³-hybridized carbons (Fsp3) is 0.250. The topological polar surface area (TPSA) is 41.9 Å². The predicted octanol–water partition coefficient (Wildman–Crippen LogP) is 3.89. The van der Waals surface area contributed by atoms with Gasteiger partial charge in [-0.05, 0) is 35.4 Å². The van der Waals surface area contributed by atoms with E-state index in [1.54, 1.807) is 0 Å². The van der Waals surface area contributed by atoms with Crippen LogP contribution >= 0.6 is 0 Å². The molecule has 1 aliphatic rings. The molecule has 0 aliphatic carbocycles. The summed E-state index contributed by atoms with van der Waals surface area (Å²) < 4.78 is 11.8. The summed E-state index contributed by atoms with van der Waals surface area (Å²) in [5.74, 6) is 1.55. The lowest BCUT2D eigenvalue weighted by molar-refractivity contribution is 0.0736. The fourth-order valence-electron chi connectivity index (χ4n) is 3.45. The van der Waals surface area contributed by atoms with Crippen LogP contribution in [0.4, 0.5) is 0 Å². The summed E-state index contributed by atoms with van der Waals surface area (Å²) >= 11 is 0. The standard InChI is InChI=1S/C24H25NO3/c26-23-16-25(15-19-7-3-1-4-8-19)17-24(23)28-22-13-11-21(12-14-22)27-18-20-9-5-2-6-10-20/h1-14,23-24,26H,15-18H2/t23-,24-/m1/s1. The lowest BCUT2D eigenvalue weighted by atomic mass is 10.2.